The maximum atomic E-state index is 15.0. The van der Waals surface area contributed by atoms with Crippen molar-refractivity contribution in [1.29, 1.82) is 0 Å². The lowest BCUT2D eigenvalue weighted by Gasteiger charge is -2.32. The van der Waals surface area contributed by atoms with Crippen LogP contribution in [0.5, 0.6) is 0 Å². The van der Waals surface area contributed by atoms with E-state index in [4.69, 9.17) is 9.31 Å². The molecule has 0 spiro atoms. The first kappa shape index (κ1) is 17.7. The Morgan fingerprint density at radius 2 is 1.77 bits per heavy atom. The fourth-order valence-corrected chi connectivity index (χ4v) is 3.67. The van der Waals surface area contributed by atoms with Gasteiger partial charge in [-0.3, -0.25) is 0 Å². The highest BCUT2D eigenvalue weighted by Crippen LogP contribution is 2.53. The van der Waals surface area contributed by atoms with Crippen LogP contribution in [0.1, 0.15) is 46.1 Å². The van der Waals surface area contributed by atoms with E-state index in [-0.39, 0.29) is 5.82 Å². The Morgan fingerprint density at radius 3 is 2.35 bits per heavy atom. The van der Waals surface area contributed by atoms with E-state index in [0.29, 0.717) is 0 Å². The van der Waals surface area contributed by atoms with Gasteiger partial charge in [0.1, 0.15) is 11.5 Å². The molecule has 1 aromatic carbocycles. The van der Waals surface area contributed by atoms with Crippen LogP contribution in [0, 0.1) is 5.82 Å². The van der Waals surface area contributed by atoms with Gasteiger partial charge in [-0.05, 0) is 70.4 Å². The maximum absolute atomic E-state index is 15.0. The van der Waals surface area contributed by atoms with E-state index in [1.54, 1.807) is 12.1 Å². The Balaban J connectivity index is 1.71. The van der Waals surface area contributed by atoms with Crippen molar-refractivity contribution >= 4 is 18.0 Å². The van der Waals surface area contributed by atoms with E-state index >= 15 is 4.39 Å². The number of nitrogens with zero attached hydrogens (tertiary/aromatic N) is 1. The van der Waals surface area contributed by atoms with E-state index < -0.39 is 29.5 Å². The predicted molar refractivity (Wildman–Crippen MR) is 99.1 cm³/mol. The quantitative estimate of drug-likeness (QED) is 0.733. The van der Waals surface area contributed by atoms with E-state index in [2.05, 4.69) is 0 Å². The molecule has 1 aromatic heterocycles. The van der Waals surface area contributed by atoms with Crippen LogP contribution in [0.3, 0.4) is 0 Å². The van der Waals surface area contributed by atoms with E-state index in [1.807, 2.05) is 45.5 Å². The average Bonchev–Trinajstić information content (AvgIpc) is 3.17. The predicted octanol–water partition coefficient (Wildman–Crippen LogP) is 4.83. The van der Waals surface area contributed by atoms with Crippen LogP contribution in [0.15, 0.2) is 36.2 Å². The second-order valence-electron chi connectivity index (χ2n) is 8.59. The molecular weight excluding hydrogens is 335 g/mol. The minimum Gasteiger partial charge on any atom is -0.398 e. The van der Waals surface area contributed by atoms with E-state index in [9.17, 15) is 4.39 Å². The van der Waals surface area contributed by atoms with Gasteiger partial charge in [0.25, 0.3) is 0 Å². The van der Waals surface area contributed by atoms with Crippen LogP contribution >= 0.6 is 0 Å². The van der Waals surface area contributed by atoms with Crippen LogP contribution < -0.4 is 0 Å². The zero-order valence-electron chi connectivity index (χ0n) is 15.9. The van der Waals surface area contributed by atoms with Crippen LogP contribution in [0.4, 0.5) is 8.78 Å². The first-order valence-corrected chi connectivity index (χ1v) is 9.04. The number of allylic oxidation sites excluding steroid dienone is 1. The first-order valence-electron chi connectivity index (χ1n) is 9.04. The number of hydrogen-bond donors (Lipinski definition) is 0. The van der Waals surface area contributed by atoms with Crippen molar-refractivity contribution in [2.45, 2.75) is 57.2 Å². The van der Waals surface area contributed by atoms with Crippen molar-refractivity contribution in [1.82, 2.24) is 4.57 Å². The first-order chi connectivity index (χ1) is 12.0. The molecule has 2 aliphatic rings. The highest BCUT2D eigenvalue weighted by molar-refractivity contribution is 6.53. The summed E-state index contributed by atoms with van der Waals surface area (Å²) in [7, 11) is 0.929. The minimum absolute atomic E-state index is 0.281. The van der Waals surface area contributed by atoms with Gasteiger partial charge >= 0.3 is 7.12 Å². The smallest absolute Gasteiger partial charge is 0.398 e. The number of benzene rings is 1. The molecule has 0 unspecified atom stereocenters. The average molecular weight is 359 g/mol. The third kappa shape index (κ3) is 2.62. The van der Waals surface area contributed by atoms with Crippen molar-refractivity contribution < 1.29 is 18.1 Å². The van der Waals surface area contributed by atoms with Crippen molar-refractivity contribution in [3.05, 3.63) is 47.6 Å². The van der Waals surface area contributed by atoms with Crippen LogP contribution in [0.25, 0.3) is 10.9 Å². The molecule has 6 heteroatoms. The summed E-state index contributed by atoms with van der Waals surface area (Å²) >= 11 is 0. The zero-order valence-corrected chi connectivity index (χ0v) is 15.9. The van der Waals surface area contributed by atoms with Gasteiger partial charge in [-0.15, -0.1) is 0 Å². The second kappa shape index (κ2) is 5.43. The SMILES string of the molecule is Cn1cc(C2(C=C(F)B3OC(C)(C)C(C)(C)O3)CC2)c2cc(F)ccc21. The standard InChI is InChI=1S/C20H24BF2NO2/c1-18(2)19(3,4)26-21(25-18)17(23)11-20(8-9-20)15-12-24(5)16-7-6-13(22)10-14(15)16/h6-7,10-12H,8-9H2,1-5H3. The fraction of sp³-hybridized carbons (Fsp3) is 0.500. The molecule has 0 N–H and O–H groups in total. The summed E-state index contributed by atoms with van der Waals surface area (Å²) in [5.74, 6) is -0.281. The Hall–Kier alpha value is -1.66. The molecule has 1 aliphatic heterocycles. The van der Waals surface area contributed by atoms with Gasteiger partial charge in [-0.25, -0.2) is 8.78 Å². The summed E-state index contributed by atoms with van der Waals surface area (Å²) in [6.07, 6.45) is 5.26. The molecule has 2 heterocycles. The summed E-state index contributed by atoms with van der Waals surface area (Å²) in [4.78, 5) is 0. The van der Waals surface area contributed by atoms with Crippen LogP contribution in [0.2, 0.25) is 0 Å². The Kier molecular flexibility index (Phi) is 3.70. The van der Waals surface area contributed by atoms with Crippen molar-refractivity contribution in [3.8, 4) is 0 Å². The summed E-state index contributed by atoms with van der Waals surface area (Å²) in [5.41, 5.74) is -0.0848. The Bertz CT molecular complexity index is 896. The van der Waals surface area contributed by atoms with Gasteiger partial charge in [0.2, 0.25) is 0 Å². The molecule has 138 valence electrons. The molecule has 2 fully saturated rings. The molecule has 1 saturated heterocycles. The lowest BCUT2D eigenvalue weighted by atomic mass is 9.83. The fourth-order valence-electron chi connectivity index (χ4n) is 3.67. The number of aromatic nitrogens is 1. The molecule has 1 saturated carbocycles. The normalized spacial score (nSPS) is 23.7. The van der Waals surface area contributed by atoms with Crippen molar-refractivity contribution in [3.63, 3.8) is 0 Å². The lowest BCUT2D eigenvalue weighted by Crippen LogP contribution is -2.41. The summed E-state index contributed by atoms with van der Waals surface area (Å²) in [6, 6.07) is 4.75. The van der Waals surface area contributed by atoms with Crippen LogP contribution in [-0.4, -0.2) is 22.9 Å². The lowest BCUT2D eigenvalue weighted by molar-refractivity contribution is 0.00578. The number of fused-ring (bicyclic) bond motifs is 1. The molecule has 3 nitrogen and oxygen atoms in total. The van der Waals surface area contributed by atoms with Gasteiger partial charge in [0, 0.05) is 29.6 Å². The zero-order chi connectivity index (χ0) is 18.9. The highest BCUT2D eigenvalue weighted by Gasteiger charge is 2.54. The number of aryl methyl sites for hydroxylation is 1. The monoisotopic (exact) mass is 359 g/mol. The molecular formula is C20H24BF2NO2. The van der Waals surface area contributed by atoms with Crippen molar-refractivity contribution in [2.75, 3.05) is 0 Å². The number of hydrogen-bond acceptors (Lipinski definition) is 2. The minimum atomic E-state index is -0.996. The second-order valence-corrected chi connectivity index (χ2v) is 8.59. The van der Waals surface area contributed by atoms with Gasteiger partial charge in [-0.1, -0.05) is 0 Å². The van der Waals surface area contributed by atoms with Gasteiger partial charge in [0.05, 0.1) is 11.2 Å². The van der Waals surface area contributed by atoms with Gasteiger partial charge in [-0.2, -0.15) is 0 Å². The molecule has 4 rings (SSSR count). The highest BCUT2D eigenvalue weighted by atomic mass is 19.1. The molecule has 2 aromatic rings. The number of rotatable bonds is 3. The molecule has 0 amide bonds. The third-order valence-corrected chi connectivity index (χ3v) is 6.17. The summed E-state index contributed by atoms with van der Waals surface area (Å²) in [5, 5.41) is 0.836. The molecule has 1 aliphatic carbocycles. The van der Waals surface area contributed by atoms with Gasteiger partial charge < -0.3 is 13.9 Å². The third-order valence-electron chi connectivity index (χ3n) is 6.17. The largest absolute Gasteiger partial charge is 0.524 e. The van der Waals surface area contributed by atoms with Gasteiger partial charge in [0.15, 0.2) is 0 Å². The maximum Gasteiger partial charge on any atom is 0.524 e. The van der Waals surface area contributed by atoms with E-state index in [0.717, 1.165) is 29.3 Å². The molecule has 0 radical (unpaired) electrons. The molecule has 0 bridgehead atoms. The summed E-state index contributed by atoms with van der Waals surface area (Å²) < 4.78 is 42.4. The number of halogens is 2. The Labute approximate surface area is 153 Å². The van der Waals surface area contributed by atoms with Crippen LogP contribution in [-0.2, 0) is 21.8 Å². The van der Waals surface area contributed by atoms with Crippen molar-refractivity contribution in [2.24, 2.45) is 7.05 Å². The summed E-state index contributed by atoms with van der Waals surface area (Å²) in [6.45, 7) is 7.61. The topological polar surface area (TPSA) is 23.4 Å². The molecule has 0 atom stereocenters. The molecule has 26 heavy (non-hydrogen) atoms. The Morgan fingerprint density at radius 1 is 1.15 bits per heavy atom. The van der Waals surface area contributed by atoms with E-state index in [1.165, 1.54) is 12.1 Å².